The van der Waals surface area contributed by atoms with Crippen molar-refractivity contribution in [3.8, 4) is 0 Å². The quantitative estimate of drug-likeness (QED) is 0.622. The number of rotatable bonds is 4. The zero-order chi connectivity index (χ0) is 11.6. The normalized spacial score (nSPS) is 16.7. The van der Waals surface area contributed by atoms with Gasteiger partial charge in [-0.25, -0.2) is 0 Å². The third-order valence-electron chi connectivity index (χ3n) is 2.56. The van der Waals surface area contributed by atoms with Crippen molar-refractivity contribution in [1.82, 2.24) is 10.2 Å². The number of amides is 2. The molecule has 1 aliphatic carbocycles. The molecule has 1 fully saturated rings. The zero-order valence-corrected chi connectivity index (χ0v) is 9.69. The summed E-state index contributed by atoms with van der Waals surface area (Å²) >= 11 is 4.82. The zero-order valence-electron chi connectivity index (χ0n) is 8.87. The fourth-order valence-electron chi connectivity index (χ4n) is 1.19. The van der Waals surface area contributed by atoms with Crippen molar-refractivity contribution in [3.05, 3.63) is 0 Å². The third-order valence-corrected chi connectivity index (χ3v) is 2.95. The molecule has 1 rings (SSSR count). The van der Waals surface area contributed by atoms with Gasteiger partial charge in [-0.05, 0) is 12.8 Å². The molecule has 6 heteroatoms. The highest BCUT2D eigenvalue weighted by atomic mass is 32.1. The van der Waals surface area contributed by atoms with E-state index in [2.05, 4.69) is 5.32 Å². The number of nitrogens with zero attached hydrogens (tertiary/aromatic N) is 1. The largest absolute Gasteiger partial charge is 0.392 e. The number of hydrogen-bond donors (Lipinski definition) is 2. The molecule has 0 spiro atoms. The van der Waals surface area contributed by atoms with Crippen LogP contribution in [0.1, 0.15) is 12.8 Å². The third kappa shape index (κ3) is 2.44. The van der Waals surface area contributed by atoms with Gasteiger partial charge in [0.05, 0.1) is 16.9 Å². The Bertz CT molecular complexity index is 310. The van der Waals surface area contributed by atoms with E-state index < -0.39 is 5.41 Å². The number of likely N-dealkylation sites (N-methyl/N-ethyl adjacent to an activating group) is 1. The predicted molar refractivity (Wildman–Crippen MR) is 60.2 cm³/mol. The van der Waals surface area contributed by atoms with Gasteiger partial charge in [0.1, 0.15) is 0 Å². The second-order valence-corrected chi connectivity index (χ2v) is 4.36. The first-order chi connectivity index (χ1) is 6.90. The number of nitrogens with two attached hydrogens (primary N) is 1. The number of hydrogen-bond acceptors (Lipinski definition) is 3. The summed E-state index contributed by atoms with van der Waals surface area (Å²) in [5, 5.41) is 2.55. The summed E-state index contributed by atoms with van der Waals surface area (Å²) in [5.74, 6) is -0.382. The van der Waals surface area contributed by atoms with Gasteiger partial charge in [0.15, 0.2) is 0 Å². The molecule has 1 saturated carbocycles. The van der Waals surface area contributed by atoms with Crippen LogP contribution >= 0.6 is 12.2 Å². The Hall–Kier alpha value is -1.17. The first-order valence-electron chi connectivity index (χ1n) is 4.68. The average molecular weight is 229 g/mol. The molecule has 0 unspecified atom stereocenters. The summed E-state index contributed by atoms with van der Waals surface area (Å²) < 4.78 is 0. The van der Waals surface area contributed by atoms with Crippen LogP contribution in [-0.2, 0) is 9.59 Å². The van der Waals surface area contributed by atoms with Crippen molar-refractivity contribution in [2.75, 3.05) is 20.6 Å². The Balaban J connectivity index is 2.44. The molecule has 0 saturated heterocycles. The average Bonchev–Trinajstić information content (AvgIpc) is 2.93. The maximum Gasteiger partial charge on any atom is 0.241 e. The van der Waals surface area contributed by atoms with Crippen LogP contribution in [0.3, 0.4) is 0 Å². The van der Waals surface area contributed by atoms with Crippen LogP contribution in [0.25, 0.3) is 0 Å². The number of carbonyl (C=O) groups is 2. The lowest BCUT2D eigenvalue weighted by Crippen LogP contribution is -2.43. The van der Waals surface area contributed by atoms with E-state index in [1.807, 2.05) is 0 Å². The molecule has 0 atom stereocenters. The van der Waals surface area contributed by atoms with Crippen molar-refractivity contribution in [3.63, 3.8) is 0 Å². The topological polar surface area (TPSA) is 75.4 Å². The molecule has 0 aliphatic heterocycles. The van der Waals surface area contributed by atoms with E-state index in [1.165, 1.54) is 4.90 Å². The minimum atomic E-state index is -0.679. The van der Waals surface area contributed by atoms with Crippen LogP contribution < -0.4 is 11.1 Å². The number of nitrogens with one attached hydrogen (secondary N) is 1. The van der Waals surface area contributed by atoms with E-state index in [-0.39, 0.29) is 23.3 Å². The van der Waals surface area contributed by atoms with Gasteiger partial charge in [0, 0.05) is 14.1 Å². The van der Waals surface area contributed by atoms with Crippen LogP contribution in [-0.4, -0.2) is 42.3 Å². The van der Waals surface area contributed by atoms with Gasteiger partial charge in [-0.3, -0.25) is 9.59 Å². The van der Waals surface area contributed by atoms with E-state index in [9.17, 15) is 9.59 Å². The molecule has 0 bridgehead atoms. The lowest BCUT2D eigenvalue weighted by molar-refractivity contribution is -0.131. The number of carbonyl (C=O) groups excluding carboxylic acids is 2. The lowest BCUT2D eigenvalue weighted by atomic mass is 10.1. The number of thiocarbonyl (C=S) groups is 1. The molecule has 2 amide bonds. The fourth-order valence-corrected chi connectivity index (χ4v) is 1.49. The Morgan fingerprint density at radius 1 is 1.47 bits per heavy atom. The molecule has 84 valence electrons. The highest BCUT2D eigenvalue weighted by Gasteiger charge is 2.52. The summed E-state index contributed by atoms with van der Waals surface area (Å²) in [6.07, 6.45) is 1.37. The van der Waals surface area contributed by atoms with Crippen molar-refractivity contribution in [2.24, 2.45) is 11.1 Å². The van der Waals surface area contributed by atoms with E-state index in [0.717, 1.165) is 0 Å². The van der Waals surface area contributed by atoms with Gasteiger partial charge in [0.25, 0.3) is 0 Å². The second kappa shape index (κ2) is 4.14. The first kappa shape index (κ1) is 11.9. The molecule has 1 aliphatic rings. The highest BCUT2D eigenvalue weighted by molar-refractivity contribution is 7.80. The van der Waals surface area contributed by atoms with E-state index in [1.54, 1.807) is 14.1 Å². The summed E-state index contributed by atoms with van der Waals surface area (Å²) in [6.45, 7) is -0.00377. The van der Waals surface area contributed by atoms with Crippen LogP contribution in [0.15, 0.2) is 0 Å². The molecule has 0 radical (unpaired) electrons. The van der Waals surface area contributed by atoms with E-state index in [0.29, 0.717) is 12.8 Å². The fraction of sp³-hybridized carbons (Fsp3) is 0.667. The van der Waals surface area contributed by atoms with Crippen molar-refractivity contribution in [1.29, 1.82) is 0 Å². The smallest absolute Gasteiger partial charge is 0.241 e. The minimum absolute atomic E-state index is 0.00377. The summed E-state index contributed by atoms with van der Waals surface area (Å²) in [6, 6.07) is 0. The van der Waals surface area contributed by atoms with E-state index >= 15 is 0 Å². The van der Waals surface area contributed by atoms with Gasteiger partial charge in [0.2, 0.25) is 11.8 Å². The van der Waals surface area contributed by atoms with Gasteiger partial charge in [-0.15, -0.1) is 0 Å². The van der Waals surface area contributed by atoms with Gasteiger partial charge < -0.3 is 16.0 Å². The van der Waals surface area contributed by atoms with Crippen molar-refractivity contribution < 1.29 is 9.59 Å². The van der Waals surface area contributed by atoms with Crippen molar-refractivity contribution in [2.45, 2.75) is 12.8 Å². The maximum atomic E-state index is 11.6. The van der Waals surface area contributed by atoms with Crippen LogP contribution in [0.4, 0.5) is 0 Å². The molecule has 5 nitrogen and oxygen atoms in total. The summed E-state index contributed by atoms with van der Waals surface area (Å²) in [4.78, 5) is 24.5. The van der Waals surface area contributed by atoms with Crippen LogP contribution in [0, 0.1) is 5.41 Å². The minimum Gasteiger partial charge on any atom is -0.392 e. The second-order valence-electron chi connectivity index (χ2n) is 3.92. The predicted octanol–water partition coefficient (Wildman–Crippen LogP) is -0.743. The van der Waals surface area contributed by atoms with Crippen LogP contribution in [0.2, 0.25) is 0 Å². The Morgan fingerprint density at radius 3 is 2.33 bits per heavy atom. The van der Waals surface area contributed by atoms with Crippen molar-refractivity contribution >= 4 is 29.0 Å². The van der Waals surface area contributed by atoms with Gasteiger partial charge in [-0.2, -0.15) is 0 Å². The lowest BCUT2D eigenvalue weighted by Gasteiger charge is -2.15. The Kier molecular flexibility index (Phi) is 3.28. The standard InChI is InChI=1S/C9H15N3O2S/c1-12(2)6(13)5-11-8(14)9(3-4-9)7(10)15/h3-5H2,1-2H3,(H2,10,15)(H,11,14). The van der Waals surface area contributed by atoms with Gasteiger partial charge >= 0.3 is 0 Å². The molecule has 3 N–H and O–H groups in total. The summed E-state index contributed by atoms with van der Waals surface area (Å²) in [5.41, 5.74) is 4.80. The molecular formula is C9H15N3O2S. The molecule has 0 aromatic heterocycles. The van der Waals surface area contributed by atoms with E-state index in [4.69, 9.17) is 18.0 Å². The Labute approximate surface area is 94.0 Å². The monoisotopic (exact) mass is 229 g/mol. The highest BCUT2D eigenvalue weighted by Crippen LogP contribution is 2.46. The molecule has 0 aromatic carbocycles. The Morgan fingerprint density at radius 2 is 2.00 bits per heavy atom. The summed E-state index contributed by atoms with van der Waals surface area (Å²) in [7, 11) is 3.27. The molecule has 0 aromatic rings. The molecule has 0 heterocycles. The molecular weight excluding hydrogens is 214 g/mol. The maximum absolute atomic E-state index is 11.6. The van der Waals surface area contributed by atoms with Gasteiger partial charge in [-0.1, -0.05) is 12.2 Å². The SMILES string of the molecule is CN(C)C(=O)CNC(=O)C1(C(N)=S)CC1. The first-order valence-corrected chi connectivity index (χ1v) is 5.09. The molecule has 15 heavy (non-hydrogen) atoms. The van der Waals surface area contributed by atoms with Crippen LogP contribution in [0.5, 0.6) is 0 Å².